The first-order chi connectivity index (χ1) is 14.1. The fraction of sp³-hybridized carbons (Fsp3) is 0.333. The first kappa shape index (κ1) is 21.6. The molecule has 1 heterocycles. The highest BCUT2D eigenvalue weighted by atomic mass is 35.5. The summed E-state index contributed by atoms with van der Waals surface area (Å²) < 4.78 is 25.3. The maximum atomic E-state index is 12.9. The highest BCUT2D eigenvalue weighted by molar-refractivity contribution is 7.99. The van der Waals surface area contributed by atoms with Crippen molar-refractivity contribution in [3.05, 3.63) is 63.7 Å². The van der Waals surface area contributed by atoms with Crippen LogP contribution < -0.4 is 10.3 Å². The fourth-order valence-electron chi connectivity index (χ4n) is 2.79. The Balaban J connectivity index is 1.68. The number of nitrogens with zero attached hydrogens (tertiary/aromatic N) is 2. The monoisotopic (exact) mass is 436 g/mol. The minimum absolute atomic E-state index is 0.0761. The molecule has 0 saturated heterocycles. The number of hydrogen-bond donors (Lipinski definition) is 0. The largest absolute Gasteiger partial charge is 0.494 e. The Morgan fingerprint density at radius 1 is 1.14 bits per heavy atom. The van der Waals surface area contributed by atoms with E-state index in [4.69, 9.17) is 21.1 Å². The molecule has 3 rings (SSSR count). The second kappa shape index (κ2) is 10.6. The number of halogens is 2. The molecule has 0 unspecified atom stereocenters. The van der Waals surface area contributed by atoms with Crippen LogP contribution >= 0.6 is 23.4 Å². The number of benzene rings is 2. The van der Waals surface area contributed by atoms with Crippen molar-refractivity contribution in [2.75, 3.05) is 26.1 Å². The van der Waals surface area contributed by atoms with Crippen LogP contribution in [0.15, 0.2) is 52.4 Å². The van der Waals surface area contributed by atoms with Crippen LogP contribution in [-0.4, -0.2) is 35.6 Å². The van der Waals surface area contributed by atoms with Crippen LogP contribution in [0, 0.1) is 5.82 Å². The predicted octanol–water partition coefficient (Wildman–Crippen LogP) is 4.79. The number of rotatable bonds is 10. The summed E-state index contributed by atoms with van der Waals surface area (Å²) >= 11 is 7.57. The van der Waals surface area contributed by atoms with Gasteiger partial charge in [-0.1, -0.05) is 23.4 Å². The van der Waals surface area contributed by atoms with Crippen LogP contribution in [0.1, 0.15) is 12.8 Å². The minimum atomic E-state index is -0.290. The Kier molecular flexibility index (Phi) is 7.91. The Morgan fingerprint density at radius 3 is 2.69 bits per heavy atom. The number of fused-ring (bicyclic) bond motifs is 1. The molecule has 8 heteroatoms. The van der Waals surface area contributed by atoms with E-state index in [2.05, 4.69) is 4.98 Å². The molecule has 0 aliphatic heterocycles. The summed E-state index contributed by atoms with van der Waals surface area (Å²) in [5, 5.41) is 1.75. The van der Waals surface area contributed by atoms with Gasteiger partial charge in [-0.2, -0.15) is 0 Å². The number of methoxy groups -OCH3 is 1. The van der Waals surface area contributed by atoms with E-state index in [-0.39, 0.29) is 11.4 Å². The molecule has 2 aromatic carbocycles. The Bertz CT molecular complexity index is 1010. The molecule has 0 amide bonds. The van der Waals surface area contributed by atoms with Gasteiger partial charge in [-0.05, 0) is 55.3 Å². The van der Waals surface area contributed by atoms with E-state index in [1.165, 1.54) is 23.9 Å². The summed E-state index contributed by atoms with van der Waals surface area (Å²) in [6.07, 6.45) is 1.47. The molecular weight excluding hydrogens is 415 g/mol. The molecule has 1 aromatic heterocycles. The van der Waals surface area contributed by atoms with E-state index in [1.54, 1.807) is 42.0 Å². The van der Waals surface area contributed by atoms with Crippen molar-refractivity contribution in [1.29, 1.82) is 0 Å². The highest BCUT2D eigenvalue weighted by Gasteiger charge is 2.12. The summed E-state index contributed by atoms with van der Waals surface area (Å²) in [5.41, 5.74) is 0.517. The fourth-order valence-corrected chi connectivity index (χ4v) is 3.90. The van der Waals surface area contributed by atoms with E-state index in [0.29, 0.717) is 46.6 Å². The number of aromatic nitrogens is 2. The zero-order valence-corrected chi connectivity index (χ0v) is 17.6. The molecule has 3 aromatic rings. The van der Waals surface area contributed by atoms with Gasteiger partial charge in [0.15, 0.2) is 5.16 Å². The first-order valence-electron chi connectivity index (χ1n) is 9.28. The molecule has 0 atom stereocenters. The average molecular weight is 437 g/mol. The van der Waals surface area contributed by atoms with Crippen molar-refractivity contribution in [3.63, 3.8) is 0 Å². The number of hydrogen-bond acceptors (Lipinski definition) is 5. The van der Waals surface area contributed by atoms with Crippen molar-refractivity contribution in [1.82, 2.24) is 9.55 Å². The molecular formula is C21H22ClFN2O3S. The van der Waals surface area contributed by atoms with Crippen LogP contribution in [0.25, 0.3) is 10.9 Å². The predicted molar refractivity (Wildman–Crippen MR) is 115 cm³/mol. The summed E-state index contributed by atoms with van der Waals surface area (Å²) in [6, 6.07) is 11.1. The SMILES string of the molecule is COCCCn1c(SCCCOc2ccc(F)cc2)nc2cc(Cl)ccc2c1=O. The minimum Gasteiger partial charge on any atom is -0.494 e. The normalized spacial score (nSPS) is 11.1. The van der Waals surface area contributed by atoms with Crippen LogP contribution in [0.4, 0.5) is 4.39 Å². The lowest BCUT2D eigenvalue weighted by Crippen LogP contribution is -2.24. The smallest absolute Gasteiger partial charge is 0.262 e. The maximum absolute atomic E-state index is 12.9. The molecule has 0 saturated carbocycles. The molecule has 0 aliphatic rings. The Labute approximate surface area is 177 Å². The van der Waals surface area contributed by atoms with Gasteiger partial charge in [0.25, 0.3) is 5.56 Å². The van der Waals surface area contributed by atoms with Gasteiger partial charge in [0.1, 0.15) is 11.6 Å². The lowest BCUT2D eigenvalue weighted by atomic mass is 10.2. The van der Waals surface area contributed by atoms with Gasteiger partial charge in [0.2, 0.25) is 0 Å². The van der Waals surface area contributed by atoms with Gasteiger partial charge in [-0.3, -0.25) is 9.36 Å². The van der Waals surface area contributed by atoms with Gasteiger partial charge < -0.3 is 9.47 Å². The maximum Gasteiger partial charge on any atom is 0.262 e. The van der Waals surface area contributed by atoms with Gasteiger partial charge in [-0.15, -0.1) is 0 Å². The van der Waals surface area contributed by atoms with Gasteiger partial charge in [0.05, 0.1) is 17.5 Å². The van der Waals surface area contributed by atoms with Crippen molar-refractivity contribution in [2.24, 2.45) is 0 Å². The molecule has 154 valence electrons. The van der Waals surface area contributed by atoms with Gasteiger partial charge in [0, 0.05) is 31.0 Å². The highest BCUT2D eigenvalue weighted by Crippen LogP contribution is 2.21. The van der Waals surface area contributed by atoms with Gasteiger partial charge in [-0.25, -0.2) is 9.37 Å². The Hall–Kier alpha value is -2.09. The molecule has 0 spiro atoms. The van der Waals surface area contributed by atoms with Crippen molar-refractivity contribution < 1.29 is 13.9 Å². The summed E-state index contributed by atoms with van der Waals surface area (Å²) in [4.78, 5) is 17.6. The van der Waals surface area contributed by atoms with Crippen molar-refractivity contribution in [3.8, 4) is 5.75 Å². The topological polar surface area (TPSA) is 53.4 Å². The van der Waals surface area contributed by atoms with Gasteiger partial charge >= 0.3 is 0 Å². The molecule has 0 fully saturated rings. The summed E-state index contributed by atoms with van der Waals surface area (Å²) in [5.74, 6) is 1.07. The molecule has 29 heavy (non-hydrogen) atoms. The lowest BCUT2D eigenvalue weighted by Gasteiger charge is -2.13. The lowest BCUT2D eigenvalue weighted by molar-refractivity contribution is 0.189. The molecule has 5 nitrogen and oxygen atoms in total. The quantitative estimate of drug-likeness (QED) is 0.260. The third-order valence-electron chi connectivity index (χ3n) is 4.21. The van der Waals surface area contributed by atoms with E-state index < -0.39 is 0 Å². The molecule has 0 radical (unpaired) electrons. The van der Waals surface area contributed by atoms with E-state index in [1.807, 2.05) is 0 Å². The van der Waals surface area contributed by atoms with Crippen LogP contribution in [0.2, 0.25) is 5.02 Å². The third kappa shape index (κ3) is 5.95. The van der Waals surface area contributed by atoms with Crippen molar-refractivity contribution in [2.45, 2.75) is 24.5 Å². The molecule has 0 N–H and O–H groups in total. The zero-order valence-electron chi connectivity index (χ0n) is 16.1. The van der Waals surface area contributed by atoms with E-state index >= 15 is 0 Å². The number of ether oxygens (including phenoxy) is 2. The Morgan fingerprint density at radius 2 is 1.93 bits per heavy atom. The average Bonchev–Trinajstić information content (AvgIpc) is 2.71. The molecule has 0 aliphatic carbocycles. The second-order valence-corrected chi connectivity index (χ2v) is 7.86. The second-order valence-electron chi connectivity index (χ2n) is 6.36. The summed E-state index contributed by atoms with van der Waals surface area (Å²) in [6.45, 7) is 1.60. The van der Waals surface area contributed by atoms with E-state index in [0.717, 1.165) is 18.6 Å². The van der Waals surface area contributed by atoms with Crippen LogP contribution in [-0.2, 0) is 11.3 Å². The van der Waals surface area contributed by atoms with Crippen molar-refractivity contribution >= 4 is 34.3 Å². The molecule has 0 bridgehead atoms. The first-order valence-corrected chi connectivity index (χ1v) is 10.6. The summed E-state index contributed by atoms with van der Waals surface area (Å²) in [7, 11) is 1.64. The van der Waals surface area contributed by atoms with Crippen LogP contribution in [0.5, 0.6) is 5.75 Å². The van der Waals surface area contributed by atoms with E-state index in [9.17, 15) is 9.18 Å². The third-order valence-corrected chi connectivity index (χ3v) is 5.51. The standard InChI is InChI=1S/C21H22ClFN2O3S/c1-27-11-2-10-25-20(26)18-9-4-15(22)14-19(18)24-21(25)29-13-3-12-28-17-7-5-16(23)6-8-17/h4-9,14H,2-3,10-13H2,1H3. The number of thioether (sulfide) groups is 1. The zero-order chi connectivity index (χ0) is 20.6. The van der Waals surface area contributed by atoms with Crippen LogP contribution in [0.3, 0.4) is 0 Å².